The van der Waals surface area contributed by atoms with Crippen LogP contribution in [0.1, 0.15) is 16.0 Å². The molecular weight excluding hydrogens is 316 g/mol. The van der Waals surface area contributed by atoms with E-state index in [1.165, 1.54) is 16.0 Å². The van der Waals surface area contributed by atoms with Gasteiger partial charge in [-0.25, -0.2) is 9.97 Å². The topological polar surface area (TPSA) is 41.1 Å². The van der Waals surface area contributed by atoms with Crippen LogP contribution < -0.4 is 5.32 Å². The van der Waals surface area contributed by atoms with Crippen LogP contribution in [0.4, 0.5) is 5.82 Å². The van der Waals surface area contributed by atoms with Crippen LogP contribution >= 0.6 is 11.3 Å². The molecule has 3 rings (SSSR count). The van der Waals surface area contributed by atoms with E-state index in [1.54, 1.807) is 17.7 Å². The molecule has 0 spiro atoms. The number of hydrogen-bond donors (Lipinski definition) is 1. The summed E-state index contributed by atoms with van der Waals surface area (Å²) in [7, 11) is 4.26. The van der Waals surface area contributed by atoms with Gasteiger partial charge in [-0.1, -0.05) is 30.3 Å². The Balaban J connectivity index is 1.78. The number of fused-ring (bicyclic) bond motifs is 1. The van der Waals surface area contributed by atoms with E-state index in [-0.39, 0.29) is 0 Å². The van der Waals surface area contributed by atoms with Crippen molar-refractivity contribution < 1.29 is 0 Å². The number of nitrogens with one attached hydrogen (secondary N) is 1. The van der Waals surface area contributed by atoms with Crippen molar-refractivity contribution in [2.75, 3.05) is 26.0 Å². The molecule has 0 amide bonds. The fourth-order valence-electron chi connectivity index (χ4n) is 2.85. The largest absolute Gasteiger partial charge is 0.368 e. The van der Waals surface area contributed by atoms with Gasteiger partial charge in [0.05, 0.1) is 5.39 Å². The summed E-state index contributed by atoms with van der Waals surface area (Å²) < 4.78 is 0. The number of aryl methyl sites for hydroxylation is 2. The van der Waals surface area contributed by atoms with Crippen molar-refractivity contribution in [2.24, 2.45) is 0 Å². The van der Waals surface area contributed by atoms with Gasteiger partial charge in [-0.15, -0.1) is 11.3 Å². The van der Waals surface area contributed by atoms with Gasteiger partial charge in [0.1, 0.15) is 17.0 Å². The van der Waals surface area contributed by atoms with Gasteiger partial charge in [0.25, 0.3) is 0 Å². The predicted octanol–water partition coefficient (Wildman–Crippen LogP) is 3.89. The molecule has 2 heterocycles. The molecule has 0 fully saturated rings. The van der Waals surface area contributed by atoms with Crippen molar-refractivity contribution in [2.45, 2.75) is 26.3 Å². The lowest BCUT2D eigenvalue weighted by molar-refractivity contribution is 0.303. The van der Waals surface area contributed by atoms with E-state index in [4.69, 9.17) is 0 Å². The zero-order chi connectivity index (χ0) is 17.1. The second kappa shape index (κ2) is 7.28. The molecule has 0 aliphatic rings. The summed E-state index contributed by atoms with van der Waals surface area (Å²) >= 11 is 1.73. The summed E-state index contributed by atoms with van der Waals surface area (Å²) in [5.41, 5.74) is 2.64. The van der Waals surface area contributed by atoms with Crippen molar-refractivity contribution in [3.05, 3.63) is 52.7 Å². The highest BCUT2D eigenvalue weighted by atomic mass is 32.1. The molecule has 0 saturated carbocycles. The summed E-state index contributed by atoms with van der Waals surface area (Å²) in [6.07, 6.45) is 2.67. The van der Waals surface area contributed by atoms with Gasteiger partial charge in [0.15, 0.2) is 0 Å². The average molecular weight is 340 g/mol. The Bertz CT molecular complexity index is 811. The third-order valence-corrected chi connectivity index (χ3v) is 5.63. The molecule has 126 valence electrons. The molecule has 0 aliphatic heterocycles. The first-order valence-electron chi connectivity index (χ1n) is 8.21. The van der Waals surface area contributed by atoms with E-state index in [2.05, 4.69) is 78.5 Å². The first-order valence-corrected chi connectivity index (χ1v) is 9.03. The molecule has 1 atom stereocenters. The lowest BCUT2D eigenvalue weighted by Gasteiger charge is -2.25. The van der Waals surface area contributed by atoms with Crippen molar-refractivity contribution in [3.8, 4) is 0 Å². The van der Waals surface area contributed by atoms with Gasteiger partial charge in [0.2, 0.25) is 0 Å². The molecule has 0 aliphatic carbocycles. The number of nitrogens with zero attached hydrogens (tertiary/aromatic N) is 3. The van der Waals surface area contributed by atoms with E-state index in [9.17, 15) is 0 Å². The number of benzene rings is 1. The van der Waals surface area contributed by atoms with Crippen molar-refractivity contribution in [3.63, 3.8) is 0 Å². The smallest absolute Gasteiger partial charge is 0.138 e. The van der Waals surface area contributed by atoms with E-state index in [0.29, 0.717) is 6.04 Å². The van der Waals surface area contributed by atoms with Crippen LogP contribution in [-0.4, -0.2) is 41.5 Å². The third-order valence-electron chi connectivity index (χ3n) is 4.51. The second-order valence-corrected chi connectivity index (χ2v) is 7.58. The van der Waals surface area contributed by atoms with Crippen LogP contribution in [0.5, 0.6) is 0 Å². The summed E-state index contributed by atoms with van der Waals surface area (Å²) in [5.74, 6) is 0.946. The van der Waals surface area contributed by atoms with Gasteiger partial charge >= 0.3 is 0 Å². The number of aromatic nitrogens is 2. The Morgan fingerprint density at radius 1 is 1.12 bits per heavy atom. The zero-order valence-electron chi connectivity index (χ0n) is 14.7. The Morgan fingerprint density at radius 2 is 1.88 bits per heavy atom. The molecule has 2 aromatic heterocycles. The molecule has 1 N–H and O–H groups in total. The highest BCUT2D eigenvalue weighted by molar-refractivity contribution is 7.18. The lowest BCUT2D eigenvalue weighted by atomic mass is 10.1. The quantitative estimate of drug-likeness (QED) is 0.739. The molecule has 1 unspecified atom stereocenters. The number of likely N-dealkylation sites (N-methyl/N-ethyl adjacent to an activating group) is 1. The SMILES string of the molecule is Cc1sc2ncnc(NCC(Cc3ccccc3)N(C)C)c2c1C. The van der Waals surface area contributed by atoms with Crippen LogP contribution in [0.25, 0.3) is 10.2 Å². The number of thiophene rings is 1. The number of rotatable bonds is 6. The third kappa shape index (κ3) is 3.57. The standard InChI is InChI=1S/C19H24N4S/c1-13-14(2)24-19-17(13)18(21-12-22-19)20-11-16(23(3)4)10-15-8-6-5-7-9-15/h5-9,12,16H,10-11H2,1-4H3,(H,20,21,22). The molecule has 4 nitrogen and oxygen atoms in total. The maximum Gasteiger partial charge on any atom is 0.138 e. The number of hydrogen-bond acceptors (Lipinski definition) is 5. The van der Waals surface area contributed by atoms with Crippen LogP contribution in [0.15, 0.2) is 36.7 Å². The minimum Gasteiger partial charge on any atom is -0.368 e. The zero-order valence-corrected chi connectivity index (χ0v) is 15.5. The minimum absolute atomic E-state index is 0.400. The van der Waals surface area contributed by atoms with Crippen LogP contribution in [0, 0.1) is 13.8 Å². The fourth-order valence-corrected chi connectivity index (χ4v) is 3.85. The average Bonchev–Trinajstić information content (AvgIpc) is 2.87. The monoisotopic (exact) mass is 340 g/mol. The summed E-state index contributed by atoms with van der Waals surface area (Å²) in [4.78, 5) is 13.5. The van der Waals surface area contributed by atoms with Gasteiger partial charge in [-0.3, -0.25) is 0 Å². The summed E-state index contributed by atoms with van der Waals surface area (Å²) in [6.45, 7) is 5.14. The molecule has 3 aromatic rings. The van der Waals surface area contributed by atoms with Crippen molar-refractivity contribution >= 4 is 27.4 Å². The Kier molecular flexibility index (Phi) is 5.11. The Morgan fingerprint density at radius 3 is 2.58 bits per heavy atom. The predicted molar refractivity (Wildman–Crippen MR) is 103 cm³/mol. The summed E-state index contributed by atoms with van der Waals surface area (Å²) in [6, 6.07) is 11.0. The Hall–Kier alpha value is -1.98. The van der Waals surface area contributed by atoms with E-state index < -0.39 is 0 Å². The van der Waals surface area contributed by atoms with Gasteiger partial charge in [-0.05, 0) is 45.5 Å². The van der Waals surface area contributed by atoms with Gasteiger partial charge < -0.3 is 10.2 Å². The molecule has 24 heavy (non-hydrogen) atoms. The van der Waals surface area contributed by atoms with Crippen LogP contribution in [0.2, 0.25) is 0 Å². The summed E-state index contributed by atoms with van der Waals surface area (Å²) in [5, 5.41) is 4.72. The first-order chi connectivity index (χ1) is 11.6. The molecular formula is C19H24N4S. The lowest BCUT2D eigenvalue weighted by Crippen LogP contribution is -2.36. The van der Waals surface area contributed by atoms with Gasteiger partial charge in [0, 0.05) is 17.5 Å². The minimum atomic E-state index is 0.400. The second-order valence-electron chi connectivity index (χ2n) is 6.37. The van der Waals surface area contributed by atoms with Crippen LogP contribution in [0.3, 0.4) is 0 Å². The first kappa shape index (κ1) is 16.9. The molecule has 0 bridgehead atoms. The molecule has 0 saturated heterocycles. The molecule has 0 radical (unpaired) electrons. The highest BCUT2D eigenvalue weighted by Gasteiger charge is 2.15. The highest BCUT2D eigenvalue weighted by Crippen LogP contribution is 2.32. The molecule has 1 aromatic carbocycles. The van der Waals surface area contributed by atoms with Crippen molar-refractivity contribution in [1.29, 1.82) is 0 Å². The van der Waals surface area contributed by atoms with Crippen LogP contribution in [-0.2, 0) is 6.42 Å². The maximum atomic E-state index is 4.49. The Labute approximate surface area is 147 Å². The van der Waals surface area contributed by atoms with Crippen molar-refractivity contribution in [1.82, 2.24) is 14.9 Å². The number of anilines is 1. The van der Waals surface area contributed by atoms with Gasteiger partial charge in [-0.2, -0.15) is 0 Å². The van der Waals surface area contributed by atoms with E-state index >= 15 is 0 Å². The normalized spacial score (nSPS) is 12.7. The van der Waals surface area contributed by atoms with E-state index in [0.717, 1.165) is 29.0 Å². The fraction of sp³-hybridized carbons (Fsp3) is 0.368. The maximum absolute atomic E-state index is 4.49. The molecule has 5 heteroatoms. The van der Waals surface area contributed by atoms with E-state index in [1.807, 2.05) is 0 Å².